The van der Waals surface area contributed by atoms with Gasteiger partial charge in [-0.05, 0) is 19.4 Å². The van der Waals surface area contributed by atoms with Gasteiger partial charge in [0.2, 0.25) is 0 Å². The van der Waals surface area contributed by atoms with E-state index in [1.165, 1.54) is 0 Å². The van der Waals surface area contributed by atoms with Crippen molar-refractivity contribution in [3.8, 4) is 0 Å². The smallest absolute Gasteiger partial charge is 0.169 e. The lowest BCUT2D eigenvalue weighted by Gasteiger charge is -2.20. The van der Waals surface area contributed by atoms with E-state index in [0.717, 1.165) is 11.9 Å². The second kappa shape index (κ2) is 3.83. The fourth-order valence-electron chi connectivity index (χ4n) is 1.07. The Kier molecular flexibility index (Phi) is 3.00. The van der Waals surface area contributed by atoms with Crippen molar-refractivity contribution in [2.24, 2.45) is 0 Å². The van der Waals surface area contributed by atoms with Crippen molar-refractivity contribution in [1.82, 2.24) is 0 Å². The molecule has 12 heavy (non-hydrogen) atoms. The molecular formula is C9H14O3. The van der Waals surface area contributed by atoms with Crippen molar-refractivity contribution >= 4 is 6.29 Å². The van der Waals surface area contributed by atoms with E-state index in [1.54, 1.807) is 6.92 Å². The maximum absolute atomic E-state index is 10.3. The van der Waals surface area contributed by atoms with Gasteiger partial charge in [0.15, 0.2) is 5.79 Å². The Bertz CT molecular complexity index is 190. The number of hydrogen-bond donors (Lipinski definition) is 0. The number of carbonyl (C=O) groups is 1. The quantitative estimate of drug-likeness (QED) is 0.473. The topological polar surface area (TPSA) is 35.5 Å². The van der Waals surface area contributed by atoms with Gasteiger partial charge >= 0.3 is 0 Å². The number of carbonyl (C=O) groups excluding carboxylic acids is 1. The minimum absolute atomic E-state index is 0.510. The molecule has 0 atom stereocenters. The monoisotopic (exact) mass is 170 g/mol. The van der Waals surface area contributed by atoms with Crippen LogP contribution in [-0.2, 0) is 14.3 Å². The van der Waals surface area contributed by atoms with Crippen LogP contribution in [0.25, 0.3) is 0 Å². The molecule has 0 saturated carbocycles. The number of ether oxygens (including phenoxy) is 2. The van der Waals surface area contributed by atoms with Crippen LogP contribution in [0.1, 0.15) is 20.3 Å². The van der Waals surface area contributed by atoms with Gasteiger partial charge in [0, 0.05) is 6.42 Å². The summed E-state index contributed by atoms with van der Waals surface area (Å²) in [4.78, 5) is 10.3. The molecule has 1 rings (SSSR count). The molecule has 1 heterocycles. The van der Waals surface area contributed by atoms with Crippen molar-refractivity contribution in [2.75, 3.05) is 13.2 Å². The Balaban J connectivity index is 2.44. The van der Waals surface area contributed by atoms with E-state index in [9.17, 15) is 4.79 Å². The highest BCUT2D eigenvalue weighted by Crippen LogP contribution is 2.23. The Morgan fingerprint density at radius 1 is 1.50 bits per heavy atom. The van der Waals surface area contributed by atoms with Crippen molar-refractivity contribution in [2.45, 2.75) is 26.1 Å². The first-order chi connectivity index (χ1) is 5.66. The molecule has 0 aliphatic carbocycles. The lowest BCUT2D eigenvalue weighted by Crippen LogP contribution is -2.24. The summed E-state index contributed by atoms with van der Waals surface area (Å²) in [6, 6.07) is 0. The standard InChI is InChI=1S/C9H14O3/c1-8(7-10)3-4-9(2)11-5-6-12-9/h3,7H,4-6H2,1-2H3/b8-3+. The zero-order valence-corrected chi connectivity index (χ0v) is 7.50. The molecule has 0 amide bonds. The van der Waals surface area contributed by atoms with Crippen molar-refractivity contribution in [3.63, 3.8) is 0 Å². The molecule has 3 nitrogen and oxygen atoms in total. The van der Waals surface area contributed by atoms with Crippen LogP contribution in [0.2, 0.25) is 0 Å². The summed E-state index contributed by atoms with van der Waals surface area (Å²) in [7, 11) is 0. The van der Waals surface area contributed by atoms with Gasteiger partial charge in [-0.1, -0.05) is 6.08 Å². The van der Waals surface area contributed by atoms with Crippen LogP contribution in [0, 0.1) is 0 Å². The van der Waals surface area contributed by atoms with Crippen molar-refractivity contribution in [1.29, 1.82) is 0 Å². The summed E-state index contributed by atoms with van der Waals surface area (Å²) in [6.45, 7) is 4.94. The van der Waals surface area contributed by atoms with Gasteiger partial charge in [0.1, 0.15) is 6.29 Å². The van der Waals surface area contributed by atoms with Gasteiger partial charge in [0.05, 0.1) is 13.2 Å². The van der Waals surface area contributed by atoms with Crippen LogP contribution in [0.4, 0.5) is 0 Å². The van der Waals surface area contributed by atoms with E-state index in [-0.39, 0.29) is 0 Å². The molecule has 0 spiro atoms. The van der Waals surface area contributed by atoms with Crippen LogP contribution in [0.3, 0.4) is 0 Å². The van der Waals surface area contributed by atoms with Gasteiger partial charge in [-0.15, -0.1) is 0 Å². The minimum atomic E-state index is -0.510. The Morgan fingerprint density at radius 3 is 2.58 bits per heavy atom. The molecule has 0 radical (unpaired) electrons. The Morgan fingerprint density at radius 2 is 2.08 bits per heavy atom. The molecular weight excluding hydrogens is 156 g/mol. The SMILES string of the molecule is C/C(C=O)=C\CC1(C)OCCO1. The third-order valence-electron chi connectivity index (χ3n) is 1.88. The van der Waals surface area contributed by atoms with Gasteiger partial charge in [-0.25, -0.2) is 0 Å². The first-order valence-corrected chi connectivity index (χ1v) is 4.06. The Labute approximate surface area is 72.4 Å². The molecule has 0 unspecified atom stereocenters. The maximum atomic E-state index is 10.3. The van der Waals surface area contributed by atoms with Crippen LogP contribution in [-0.4, -0.2) is 25.3 Å². The molecule has 0 N–H and O–H groups in total. The normalized spacial score (nSPS) is 22.7. The van der Waals surface area contributed by atoms with E-state index < -0.39 is 5.79 Å². The van der Waals surface area contributed by atoms with E-state index in [4.69, 9.17) is 9.47 Å². The van der Waals surface area contributed by atoms with Crippen molar-refractivity contribution in [3.05, 3.63) is 11.6 Å². The fourth-order valence-corrected chi connectivity index (χ4v) is 1.07. The van der Waals surface area contributed by atoms with E-state index in [2.05, 4.69) is 0 Å². The molecule has 1 aliphatic heterocycles. The van der Waals surface area contributed by atoms with E-state index >= 15 is 0 Å². The highest BCUT2D eigenvalue weighted by Gasteiger charge is 2.29. The van der Waals surface area contributed by atoms with E-state index in [1.807, 2.05) is 13.0 Å². The van der Waals surface area contributed by atoms with Gasteiger partial charge < -0.3 is 9.47 Å². The van der Waals surface area contributed by atoms with Crippen molar-refractivity contribution < 1.29 is 14.3 Å². The number of hydrogen-bond acceptors (Lipinski definition) is 3. The van der Waals surface area contributed by atoms with Crippen LogP contribution >= 0.6 is 0 Å². The largest absolute Gasteiger partial charge is 0.348 e. The third kappa shape index (κ3) is 2.43. The predicted molar refractivity (Wildman–Crippen MR) is 44.7 cm³/mol. The summed E-state index contributed by atoms with van der Waals surface area (Å²) in [6.07, 6.45) is 3.30. The molecule has 0 aromatic rings. The maximum Gasteiger partial charge on any atom is 0.169 e. The highest BCUT2D eigenvalue weighted by molar-refractivity contribution is 5.71. The molecule has 1 aliphatic rings. The first-order valence-electron chi connectivity index (χ1n) is 4.06. The summed E-state index contributed by atoms with van der Waals surface area (Å²) in [5.74, 6) is -0.510. The lowest BCUT2D eigenvalue weighted by atomic mass is 10.1. The van der Waals surface area contributed by atoms with Gasteiger partial charge in [-0.3, -0.25) is 4.79 Å². The molecule has 68 valence electrons. The summed E-state index contributed by atoms with van der Waals surface area (Å²) < 4.78 is 10.7. The average molecular weight is 170 g/mol. The average Bonchev–Trinajstić information content (AvgIpc) is 2.49. The molecule has 1 fully saturated rings. The summed E-state index contributed by atoms with van der Waals surface area (Å²) >= 11 is 0. The number of aldehydes is 1. The second-order valence-electron chi connectivity index (χ2n) is 3.10. The summed E-state index contributed by atoms with van der Waals surface area (Å²) in [5, 5.41) is 0. The first kappa shape index (κ1) is 9.42. The highest BCUT2D eigenvalue weighted by atomic mass is 16.7. The number of rotatable bonds is 3. The predicted octanol–water partition coefficient (Wildman–Crippen LogP) is 1.28. The fraction of sp³-hybridized carbons (Fsp3) is 0.667. The van der Waals surface area contributed by atoms with Gasteiger partial charge in [-0.2, -0.15) is 0 Å². The molecule has 0 aromatic carbocycles. The number of allylic oxidation sites excluding steroid dienone is 1. The molecule has 0 bridgehead atoms. The van der Waals surface area contributed by atoms with Crippen LogP contribution in [0.5, 0.6) is 0 Å². The van der Waals surface area contributed by atoms with Crippen LogP contribution in [0.15, 0.2) is 11.6 Å². The minimum Gasteiger partial charge on any atom is -0.348 e. The van der Waals surface area contributed by atoms with E-state index in [0.29, 0.717) is 19.6 Å². The lowest BCUT2D eigenvalue weighted by molar-refractivity contribution is -0.138. The van der Waals surface area contributed by atoms with Crippen LogP contribution < -0.4 is 0 Å². The molecule has 3 heteroatoms. The molecule has 1 saturated heterocycles. The zero-order chi connectivity index (χ0) is 9.03. The summed E-state index contributed by atoms with van der Waals surface area (Å²) in [5.41, 5.74) is 0.718. The zero-order valence-electron chi connectivity index (χ0n) is 7.50. The second-order valence-corrected chi connectivity index (χ2v) is 3.10. The molecule has 0 aromatic heterocycles. The Hall–Kier alpha value is -0.670. The van der Waals surface area contributed by atoms with Gasteiger partial charge in [0.25, 0.3) is 0 Å². The third-order valence-corrected chi connectivity index (χ3v) is 1.88.